The third kappa shape index (κ3) is 1.57. The summed E-state index contributed by atoms with van der Waals surface area (Å²) in [5.41, 5.74) is -0.234. The van der Waals surface area contributed by atoms with Gasteiger partial charge in [0.05, 0.1) is 17.6 Å². The first kappa shape index (κ1) is 13.8. The molecule has 20 heavy (non-hydrogen) atoms. The van der Waals surface area contributed by atoms with Gasteiger partial charge in [0.25, 0.3) is 0 Å². The fourth-order valence-electron chi connectivity index (χ4n) is 4.07. The molecule has 0 amide bonds. The Labute approximate surface area is 117 Å². The van der Waals surface area contributed by atoms with Crippen LogP contribution in [-0.2, 0) is 9.53 Å². The van der Waals surface area contributed by atoms with Crippen molar-refractivity contribution in [2.45, 2.75) is 44.2 Å². The standard InChI is InChI=1S/C15H20O5/c1-6-4-5-8-9(6)12-10(7(2)14(18)20-12)11(16)13(17)15(8,3)19/h4,8-13,16-17,19H,2,5H2,1,3H3/t8-,9+,10?,11-,12-,13-,15+/m1/s1. The van der Waals surface area contributed by atoms with Crippen molar-refractivity contribution in [3.63, 3.8) is 0 Å². The van der Waals surface area contributed by atoms with E-state index in [-0.39, 0.29) is 17.4 Å². The summed E-state index contributed by atoms with van der Waals surface area (Å²) < 4.78 is 5.39. The van der Waals surface area contributed by atoms with Crippen molar-refractivity contribution >= 4 is 5.97 Å². The predicted molar refractivity (Wildman–Crippen MR) is 70.5 cm³/mol. The van der Waals surface area contributed by atoms with Gasteiger partial charge in [-0.25, -0.2) is 4.79 Å². The average molecular weight is 280 g/mol. The Hall–Kier alpha value is -1.17. The molecule has 1 heterocycles. The van der Waals surface area contributed by atoms with E-state index in [2.05, 4.69) is 6.58 Å². The summed E-state index contributed by atoms with van der Waals surface area (Å²) in [5, 5.41) is 31.4. The maximum absolute atomic E-state index is 11.8. The molecule has 7 atom stereocenters. The van der Waals surface area contributed by atoms with Crippen LogP contribution in [0.15, 0.2) is 23.8 Å². The number of allylic oxidation sites excluding steroid dienone is 1. The lowest BCUT2D eigenvalue weighted by molar-refractivity contribution is -0.147. The van der Waals surface area contributed by atoms with Crippen LogP contribution < -0.4 is 0 Å². The number of hydrogen-bond donors (Lipinski definition) is 3. The number of aliphatic hydroxyl groups is 3. The van der Waals surface area contributed by atoms with E-state index in [9.17, 15) is 20.1 Å². The maximum atomic E-state index is 11.8. The molecule has 1 saturated heterocycles. The van der Waals surface area contributed by atoms with Gasteiger partial charge in [-0.2, -0.15) is 0 Å². The van der Waals surface area contributed by atoms with Crippen molar-refractivity contribution in [2.24, 2.45) is 17.8 Å². The first-order chi connectivity index (χ1) is 9.26. The monoisotopic (exact) mass is 280 g/mol. The van der Waals surface area contributed by atoms with Crippen molar-refractivity contribution in [3.05, 3.63) is 23.8 Å². The van der Waals surface area contributed by atoms with Crippen LogP contribution in [-0.4, -0.2) is 45.2 Å². The summed E-state index contributed by atoms with van der Waals surface area (Å²) in [6.07, 6.45) is -0.555. The zero-order valence-electron chi connectivity index (χ0n) is 11.6. The molecule has 5 nitrogen and oxygen atoms in total. The highest BCUT2D eigenvalue weighted by Gasteiger charge is 2.61. The van der Waals surface area contributed by atoms with Gasteiger partial charge in [0.15, 0.2) is 0 Å². The topological polar surface area (TPSA) is 87.0 Å². The smallest absolute Gasteiger partial charge is 0.334 e. The second-order valence-electron chi connectivity index (χ2n) is 6.40. The van der Waals surface area contributed by atoms with Gasteiger partial charge in [0.1, 0.15) is 12.2 Å². The van der Waals surface area contributed by atoms with Crippen molar-refractivity contribution in [3.8, 4) is 0 Å². The van der Waals surface area contributed by atoms with Crippen LogP contribution in [0.2, 0.25) is 0 Å². The summed E-state index contributed by atoms with van der Waals surface area (Å²) in [6, 6.07) is 0. The summed E-state index contributed by atoms with van der Waals surface area (Å²) >= 11 is 0. The number of esters is 1. The summed E-state index contributed by atoms with van der Waals surface area (Å²) in [4.78, 5) is 11.8. The van der Waals surface area contributed by atoms with Gasteiger partial charge in [-0.3, -0.25) is 0 Å². The highest BCUT2D eigenvalue weighted by atomic mass is 16.6. The molecule has 0 aromatic carbocycles. The van der Waals surface area contributed by atoms with Gasteiger partial charge in [0, 0.05) is 17.4 Å². The van der Waals surface area contributed by atoms with Crippen LogP contribution >= 0.6 is 0 Å². The number of ether oxygens (including phenoxy) is 1. The minimum atomic E-state index is -1.44. The molecule has 3 rings (SSSR count). The average Bonchev–Trinajstić information content (AvgIpc) is 2.88. The van der Waals surface area contributed by atoms with E-state index in [1.54, 1.807) is 0 Å². The van der Waals surface area contributed by atoms with E-state index in [0.717, 1.165) is 5.57 Å². The number of carbonyl (C=O) groups excluding carboxylic acids is 1. The fourth-order valence-corrected chi connectivity index (χ4v) is 4.07. The zero-order valence-corrected chi connectivity index (χ0v) is 11.6. The summed E-state index contributed by atoms with van der Waals surface area (Å²) in [5.74, 6) is -1.66. The van der Waals surface area contributed by atoms with E-state index in [0.29, 0.717) is 6.42 Å². The Morgan fingerprint density at radius 2 is 2.05 bits per heavy atom. The molecule has 0 bridgehead atoms. The zero-order chi connectivity index (χ0) is 14.8. The van der Waals surface area contributed by atoms with Gasteiger partial charge in [-0.05, 0) is 20.3 Å². The molecule has 110 valence electrons. The summed E-state index contributed by atoms with van der Waals surface area (Å²) in [6.45, 7) is 7.15. The Morgan fingerprint density at radius 1 is 1.40 bits per heavy atom. The Morgan fingerprint density at radius 3 is 2.70 bits per heavy atom. The van der Waals surface area contributed by atoms with Crippen LogP contribution in [0.5, 0.6) is 0 Å². The number of carbonyl (C=O) groups is 1. The highest BCUT2D eigenvalue weighted by molar-refractivity contribution is 5.91. The molecule has 3 N–H and O–H groups in total. The van der Waals surface area contributed by atoms with E-state index >= 15 is 0 Å². The second-order valence-corrected chi connectivity index (χ2v) is 6.40. The number of aliphatic hydroxyl groups excluding tert-OH is 2. The number of fused-ring (bicyclic) bond motifs is 3. The van der Waals surface area contributed by atoms with E-state index in [1.807, 2.05) is 13.0 Å². The lowest BCUT2D eigenvalue weighted by Crippen LogP contribution is -2.52. The molecule has 0 aromatic rings. The van der Waals surface area contributed by atoms with Crippen LogP contribution in [0.3, 0.4) is 0 Å². The van der Waals surface area contributed by atoms with E-state index in [4.69, 9.17) is 4.74 Å². The van der Waals surface area contributed by atoms with Gasteiger partial charge in [-0.15, -0.1) is 0 Å². The normalized spacial score (nSPS) is 51.1. The van der Waals surface area contributed by atoms with E-state index in [1.165, 1.54) is 6.92 Å². The maximum Gasteiger partial charge on any atom is 0.334 e. The molecular formula is C15H20O5. The molecule has 2 fully saturated rings. The highest BCUT2D eigenvalue weighted by Crippen LogP contribution is 2.52. The third-order valence-corrected chi connectivity index (χ3v) is 5.31. The lowest BCUT2D eigenvalue weighted by Gasteiger charge is -2.37. The summed E-state index contributed by atoms with van der Waals surface area (Å²) in [7, 11) is 0. The third-order valence-electron chi connectivity index (χ3n) is 5.31. The van der Waals surface area contributed by atoms with Gasteiger partial charge >= 0.3 is 5.97 Å². The Bertz CT molecular complexity index is 506. The van der Waals surface area contributed by atoms with Crippen LogP contribution in [0, 0.1) is 17.8 Å². The van der Waals surface area contributed by atoms with Gasteiger partial charge < -0.3 is 20.1 Å². The number of rotatable bonds is 0. The molecule has 5 heteroatoms. The van der Waals surface area contributed by atoms with Crippen molar-refractivity contribution in [2.75, 3.05) is 0 Å². The first-order valence-corrected chi connectivity index (χ1v) is 6.91. The minimum Gasteiger partial charge on any atom is -0.458 e. The molecule has 2 aliphatic carbocycles. The molecule has 3 aliphatic rings. The van der Waals surface area contributed by atoms with Gasteiger partial charge in [-0.1, -0.05) is 18.2 Å². The van der Waals surface area contributed by atoms with Crippen molar-refractivity contribution in [1.29, 1.82) is 0 Å². The quantitative estimate of drug-likeness (QED) is 0.334. The largest absolute Gasteiger partial charge is 0.458 e. The predicted octanol–water partition coefficient (Wildman–Crippen LogP) is 0.153. The number of hydrogen-bond acceptors (Lipinski definition) is 5. The molecule has 1 saturated carbocycles. The van der Waals surface area contributed by atoms with Gasteiger partial charge in [0.2, 0.25) is 0 Å². The lowest BCUT2D eigenvalue weighted by atomic mass is 9.76. The molecular weight excluding hydrogens is 260 g/mol. The Kier molecular flexibility index (Phi) is 2.87. The van der Waals surface area contributed by atoms with Crippen molar-refractivity contribution < 1.29 is 24.9 Å². The second kappa shape index (κ2) is 4.16. The van der Waals surface area contributed by atoms with Crippen LogP contribution in [0.1, 0.15) is 20.3 Å². The molecule has 0 radical (unpaired) electrons. The van der Waals surface area contributed by atoms with Crippen LogP contribution in [0.25, 0.3) is 0 Å². The first-order valence-electron chi connectivity index (χ1n) is 6.91. The molecule has 0 spiro atoms. The molecule has 0 aromatic heterocycles. The Balaban J connectivity index is 2.11. The molecule has 1 aliphatic heterocycles. The minimum absolute atomic E-state index is 0.178. The fraction of sp³-hybridized carbons (Fsp3) is 0.667. The van der Waals surface area contributed by atoms with E-state index < -0.39 is 35.8 Å². The van der Waals surface area contributed by atoms with Crippen molar-refractivity contribution in [1.82, 2.24) is 0 Å². The van der Waals surface area contributed by atoms with Crippen LogP contribution in [0.4, 0.5) is 0 Å². The molecule has 1 unspecified atom stereocenters. The SMILES string of the molecule is C=C1C(=O)O[C@H]2C1[C@@H](O)[C@@H](O)[C@@](C)(O)[C@@H]1CC=C(C)[C@@H]12.